The lowest BCUT2D eigenvalue weighted by Gasteiger charge is -2.37. The van der Waals surface area contributed by atoms with Crippen molar-refractivity contribution in [3.05, 3.63) is 24.8 Å². The molecule has 0 aliphatic heterocycles. The van der Waals surface area contributed by atoms with Gasteiger partial charge in [-0.05, 0) is 142 Å². The predicted octanol–water partition coefficient (Wildman–Crippen LogP) is 8.74. The quantitative estimate of drug-likeness (QED) is 0.0816. The van der Waals surface area contributed by atoms with Gasteiger partial charge in [0.1, 0.15) is 11.4 Å². The molecular weight excluding hydrogens is 722 g/mol. The lowest BCUT2D eigenvalue weighted by molar-refractivity contribution is -0.171. The van der Waals surface area contributed by atoms with Gasteiger partial charge in [-0.25, -0.2) is 0 Å². The average molecular weight is 769 g/mol. The van der Waals surface area contributed by atoms with Gasteiger partial charge < -0.3 is 14.2 Å². The molecule has 0 heterocycles. The van der Waals surface area contributed by atoms with Crippen molar-refractivity contribution in [1.29, 1.82) is 0 Å². The standard InChI is InChI=1S/C31H46I2O6/c1-8-11-16-37-28(36)30(7,9-2)20-22(24-17-23(32)18-25(33)26(24)38-21(4)34)19-29(5,6)27(35)39-31(10-3)14-12-13-15-31/h17-18,22H,8-16,19-20H2,1-7H3. The van der Waals surface area contributed by atoms with Gasteiger partial charge in [0.25, 0.3) is 0 Å². The summed E-state index contributed by atoms with van der Waals surface area (Å²) in [5, 5.41) is 0. The molecule has 1 aliphatic carbocycles. The number of carbonyl (C=O) groups excluding carboxylic acids is 3. The summed E-state index contributed by atoms with van der Waals surface area (Å²) in [5.74, 6) is -0.606. The lowest BCUT2D eigenvalue weighted by Crippen LogP contribution is -2.39. The van der Waals surface area contributed by atoms with Crippen LogP contribution in [0.5, 0.6) is 5.75 Å². The Hall–Kier alpha value is -0.910. The summed E-state index contributed by atoms with van der Waals surface area (Å²) >= 11 is 4.44. The van der Waals surface area contributed by atoms with Gasteiger partial charge in [-0.3, -0.25) is 14.4 Å². The molecular formula is C31H46I2O6. The molecule has 0 radical (unpaired) electrons. The van der Waals surface area contributed by atoms with E-state index in [-0.39, 0.29) is 23.5 Å². The summed E-state index contributed by atoms with van der Waals surface area (Å²) < 4.78 is 19.5. The van der Waals surface area contributed by atoms with Crippen molar-refractivity contribution in [1.82, 2.24) is 0 Å². The zero-order valence-corrected chi connectivity index (χ0v) is 29.0. The molecule has 6 nitrogen and oxygen atoms in total. The molecule has 0 amide bonds. The number of carbonyl (C=O) groups is 3. The van der Waals surface area contributed by atoms with E-state index in [4.69, 9.17) is 14.2 Å². The Morgan fingerprint density at radius 2 is 1.64 bits per heavy atom. The van der Waals surface area contributed by atoms with Crippen molar-refractivity contribution in [3.63, 3.8) is 0 Å². The molecule has 0 spiro atoms. The second kappa shape index (κ2) is 14.8. The SMILES string of the molecule is CCCCOC(=O)C(C)(CC)CC(CC(C)(C)C(=O)OC1(CC)CCCC1)c1cc(I)cc(I)c1OC(C)=O. The van der Waals surface area contributed by atoms with E-state index in [0.717, 1.165) is 57.6 Å². The first-order valence-electron chi connectivity index (χ1n) is 14.3. The van der Waals surface area contributed by atoms with E-state index in [0.29, 0.717) is 31.6 Å². The van der Waals surface area contributed by atoms with Gasteiger partial charge >= 0.3 is 17.9 Å². The van der Waals surface area contributed by atoms with Crippen LogP contribution in [-0.2, 0) is 23.9 Å². The normalized spacial score (nSPS) is 17.3. The van der Waals surface area contributed by atoms with Crippen molar-refractivity contribution >= 4 is 63.1 Å². The highest BCUT2D eigenvalue weighted by molar-refractivity contribution is 14.1. The number of ether oxygens (including phenoxy) is 3. The Kier molecular flexibility index (Phi) is 13.0. The largest absolute Gasteiger partial charge is 0.465 e. The molecule has 0 aromatic heterocycles. The van der Waals surface area contributed by atoms with E-state index in [2.05, 4.69) is 59.0 Å². The minimum atomic E-state index is -0.823. The summed E-state index contributed by atoms with van der Waals surface area (Å²) in [6.07, 6.45) is 8.00. The minimum Gasteiger partial charge on any atom is -0.465 e. The highest BCUT2D eigenvalue weighted by Crippen LogP contribution is 2.47. The molecule has 2 unspecified atom stereocenters. The van der Waals surface area contributed by atoms with E-state index in [9.17, 15) is 14.4 Å². The van der Waals surface area contributed by atoms with Gasteiger partial charge in [0.05, 0.1) is 21.0 Å². The van der Waals surface area contributed by atoms with E-state index < -0.39 is 16.8 Å². The van der Waals surface area contributed by atoms with Crippen LogP contribution in [0.4, 0.5) is 0 Å². The number of hydrogen-bond acceptors (Lipinski definition) is 6. The van der Waals surface area contributed by atoms with Crippen LogP contribution in [0.1, 0.15) is 124 Å². The fourth-order valence-electron chi connectivity index (χ4n) is 5.41. The molecule has 2 atom stereocenters. The summed E-state index contributed by atoms with van der Waals surface area (Å²) in [6.45, 7) is 13.7. The molecule has 8 heteroatoms. The summed E-state index contributed by atoms with van der Waals surface area (Å²) in [7, 11) is 0. The fourth-order valence-corrected chi connectivity index (χ4v) is 7.41. The van der Waals surface area contributed by atoms with Gasteiger partial charge in [-0.15, -0.1) is 0 Å². The smallest absolute Gasteiger partial charge is 0.312 e. The highest BCUT2D eigenvalue weighted by Gasteiger charge is 2.44. The van der Waals surface area contributed by atoms with Crippen LogP contribution in [-0.4, -0.2) is 30.1 Å². The molecule has 0 N–H and O–H groups in total. The maximum absolute atomic E-state index is 13.7. The maximum atomic E-state index is 13.7. The minimum absolute atomic E-state index is 0.214. The van der Waals surface area contributed by atoms with Crippen LogP contribution in [0.3, 0.4) is 0 Å². The number of benzene rings is 1. The first kappa shape index (κ1) is 34.3. The Balaban J connectivity index is 2.52. The van der Waals surface area contributed by atoms with E-state index in [1.165, 1.54) is 6.92 Å². The molecule has 39 heavy (non-hydrogen) atoms. The number of halogens is 2. The van der Waals surface area contributed by atoms with Crippen molar-refractivity contribution in [2.45, 2.75) is 124 Å². The van der Waals surface area contributed by atoms with Crippen LogP contribution >= 0.6 is 45.2 Å². The van der Waals surface area contributed by atoms with Crippen molar-refractivity contribution < 1.29 is 28.6 Å². The molecule has 1 aliphatic rings. The molecule has 0 bridgehead atoms. The Morgan fingerprint density at radius 1 is 1.00 bits per heavy atom. The number of rotatable bonds is 14. The van der Waals surface area contributed by atoms with Crippen LogP contribution < -0.4 is 4.74 Å². The molecule has 0 saturated heterocycles. The molecule has 1 aromatic rings. The van der Waals surface area contributed by atoms with Gasteiger partial charge in [0.15, 0.2) is 0 Å². The molecule has 1 saturated carbocycles. The van der Waals surface area contributed by atoms with Crippen molar-refractivity contribution in [3.8, 4) is 5.75 Å². The van der Waals surface area contributed by atoms with Gasteiger partial charge in [0, 0.05) is 16.1 Å². The second-order valence-electron chi connectivity index (χ2n) is 11.9. The first-order valence-corrected chi connectivity index (χ1v) is 16.5. The number of esters is 3. The number of unbranched alkanes of at least 4 members (excludes halogenated alkanes) is 1. The van der Waals surface area contributed by atoms with Crippen LogP contribution in [0.15, 0.2) is 12.1 Å². The third-order valence-electron chi connectivity index (χ3n) is 8.20. The number of hydrogen-bond donors (Lipinski definition) is 0. The zero-order valence-electron chi connectivity index (χ0n) is 24.7. The third-order valence-corrected chi connectivity index (χ3v) is 9.63. The van der Waals surface area contributed by atoms with Gasteiger partial charge in [-0.1, -0.05) is 27.2 Å². The van der Waals surface area contributed by atoms with Crippen molar-refractivity contribution in [2.75, 3.05) is 6.61 Å². The molecule has 1 aromatic carbocycles. The summed E-state index contributed by atoms with van der Waals surface area (Å²) in [6, 6.07) is 3.97. The first-order chi connectivity index (χ1) is 18.2. The average Bonchev–Trinajstić information content (AvgIpc) is 3.33. The van der Waals surface area contributed by atoms with Gasteiger partial charge in [-0.2, -0.15) is 0 Å². The Labute approximate surface area is 262 Å². The summed E-state index contributed by atoms with van der Waals surface area (Å²) in [5.41, 5.74) is -1.15. The van der Waals surface area contributed by atoms with Gasteiger partial charge in [0.2, 0.25) is 0 Å². The molecule has 2 rings (SSSR count). The second-order valence-corrected chi connectivity index (χ2v) is 14.3. The lowest BCUT2D eigenvalue weighted by atomic mass is 9.70. The van der Waals surface area contributed by atoms with Crippen LogP contribution in [0.25, 0.3) is 0 Å². The fraction of sp³-hybridized carbons (Fsp3) is 0.710. The molecule has 220 valence electrons. The van der Waals surface area contributed by atoms with E-state index >= 15 is 0 Å². The van der Waals surface area contributed by atoms with E-state index in [1.807, 2.05) is 39.8 Å². The Morgan fingerprint density at radius 3 is 2.18 bits per heavy atom. The maximum Gasteiger partial charge on any atom is 0.312 e. The van der Waals surface area contributed by atoms with Crippen molar-refractivity contribution in [2.24, 2.45) is 10.8 Å². The third kappa shape index (κ3) is 9.30. The zero-order chi connectivity index (χ0) is 29.4. The predicted molar refractivity (Wildman–Crippen MR) is 171 cm³/mol. The Bertz CT molecular complexity index is 1010. The van der Waals surface area contributed by atoms with E-state index in [1.54, 1.807) is 0 Å². The topological polar surface area (TPSA) is 78.9 Å². The van der Waals surface area contributed by atoms with Crippen LogP contribution in [0.2, 0.25) is 0 Å². The summed E-state index contributed by atoms with van der Waals surface area (Å²) in [4.78, 5) is 39.1. The highest BCUT2D eigenvalue weighted by atomic mass is 127. The van der Waals surface area contributed by atoms with Crippen LogP contribution in [0, 0.1) is 18.0 Å². The molecule has 1 fully saturated rings. The monoisotopic (exact) mass is 768 g/mol.